The monoisotopic (exact) mass is 356 g/mol. The smallest absolute Gasteiger partial charge is 0.405 e. The topological polar surface area (TPSA) is 99.9 Å². The number of hydrogen-bond donors (Lipinski definition) is 2. The van der Waals surface area contributed by atoms with E-state index in [9.17, 15) is 9.36 Å². The van der Waals surface area contributed by atoms with Gasteiger partial charge in [0.2, 0.25) is 0 Å². The molecule has 1 fully saturated rings. The number of para-hydroxylation sites is 1. The molecular weight excluding hydrogens is 331 g/mol. The second-order valence-corrected chi connectivity index (χ2v) is 7.37. The zero-order valence-corrected chi connectivity index (χ0v) is 14.7. The Bertz CT molecular complexity index is 561. The summed E-state index contributed by atoms with van der Waals surface area (Å²) in [5, 5.41) is 0. The number of carbonyl (C=O) groups is 1. The zero-order chi connectivity index (χ0) is 17.4. The summed E-state index contributed by atoms with van der Waals surface area (Å²) in [7, 11) is -4.03. The Labute approximate surface area is 142 Å². The van der Waals surface area contributed by atoms with Gasteiger partial charge in [0.1, 0.15) is 11.8 Å². The van der Waals surface area contributed by atoms with Crippen molar-refractivity contribution in [3.8, 4) is 5.75 Å². The lowest BCUT2D eigenvalue weighted by Gasteiger charge is -2.20. The highest BCUT2D eigenvalue weighted by Gasteiger charge is 2.29. The van der Waals surface area contributed by atoms with E-state index in [0.717, 1.165) is 25.7 Å². The van der Waals surface area contributed by atoms with E-state index in [1.54, 1.807) is 37.3 Å². The van der Waals surface area contributed by atoms with Crippen molar-refractivity contribution in [3.05, 3.63) is 30.3 Å². The summed E-state index contributed by atoms with van der Waals surface area (Å²) < 4.78 is 21.9. The fourth-order valence-corrected chi connectivity index (χ4v) is 3.32. The minimum atomic E-state index is -4.03. The predicted molar refractivity (Wildman–Crippen MR) is 90.1 cm³/mol. The standard InChI is InChI=1S/C16H25N2O5P/c1-13(18-21-14-9-5-2-3-6-10-14)16(19)23-24(17,20)22-15-11-7-4-8-12-15/h4,7-8,11-14,18H,2-3,5-6,9-10H2,1H3,(H2,17,20)/t13-,24?/m0/s1. The first-order chi connectivity index (χ1) is 11.5. The third-order valence-electron chi connectivity index (χ3n) is 3.76. The van der Waals surface area contributed by atoms with E-state index in [2.05, 4.69) is 5.48 Å². The number of nitrogens with one attached hydrogen (secondary N) is 1. The van der Waals surface area contributed by atoms with Gasteiger partial charge in [-0.1, -0.05) is 43.9 Å². The normalized spacial score (nSPS) is 19.8. The molecule has 0 amide bonds. The van der Waals surface area contributed by atoms with Crippen molar-refractivity contribution in [1.82, 2.24) is 5.48 Å². The van der Waals surface area contributed by atoms with Crippen LogP contribution in [0.4, 0.5) is 0 Å². The second-order valence-electron chi connectivity index (χ2n) is 5.93. The molecule has 0 radical (unpaired) electrons. The third-order valence-corrected chi connectivity index (χ3v) is 4.66. The minimum Gasteiger partial charge on any atom is -0.405 e. The predicted octanol–water partition coefficient (Wildman–Crippen LogP) is 3.31. The summed E-state index contributed by atoms with van der Waals surface area (Å²) in [5.74, 6) is -0.517. The van der Waals surface area contributed by atoms with E-state index in [-0.39, 0.29) is 11.9 Å². The van der Waals surface area contributed by atoms with Crippen molar-refractivity contribution in [2.45, 2.75) is 57.6 Å². The van der Waals surface area contributed by atoms with Gasteiger partial charge in [0, 0.05) is 0 Å². The molecule has 0 spiro atoms. The lowest BCUT2D eigenvalue weighted by Crippen LogP contribution is -2.38. The van der Waals surface area contributed by atoms with Gasteiger partial charge in [0.05, 0.1) is 6.10 Å². The van der Waals surface area contributed by atoms with Gasteiger partial charge in [-0.2, -0.15) is 5.48 Å². The minimum absolute atomic E-state index is 0.0769. The quantitative estimate of drug-likeness (QED) is 0.439. The molecule has 1 aromatic rings. The summed E-state index contributed by atoms with van der Waals surface area (Å²) in [5.41, 5.74) is 8.13. The number of nitrogens with two attached hydrogens (primary N) is 1. The largest absolute Gasteiger partial charge is 0.512 e. The fraction of sp³-hybridized carbons (Fsp3) is 0.562. The van der Waals surface area contributed by atoms with Crippen LogP contribution in [0.5, 0.6) is 5.75 Å². The second kappa shape index (κ2) is 9.18. The summed E-state index contributed by atoms with van der Waals surface area (Å²) in [4.78, 5) is 17.5. The van der Waals surface area contributed by atoms with Crippen molar-refractivity contribution in [2.24, 2.45) is 5.50 Å². The highest BCUT2D eigenvalue weighted by molar-refractivity contribution is 7.52. The maximum Gasteiger partial charge on any atom is 0.512 e. The maximum atomic E-state index is 12.1. The van der Waals surface area contributed by atoms with Crippen molar-refractivity contribution in [1.29, 1.82) is 0 Å². The van der Waals surface area contributed by atoms with Gasteiger partial charge < -0.3 is 9.05 Å². The highest BCUT2D eigenvalue weighted by atomic mass is 31.2. The van der Waals surface area contributed by atoms with Crippen molar-refractivity contribution in [2.75, 3.05) is 0 Å². The SMILES string of the molecule is C[C@H](NOC1CCCCCC1)C(=O)OP(N)(=O)Oc1ccccc1. The van der Waals surface area contributed by atoms with Gasteiger partial charge in [-0.15, -0.1) is 0 Å². The van der Waals surface area contributed by atoms with E-state index in [0.29, 0.717) is 0 Å². The molecule has 7 nitrogen and oxygen atoms in total. The molecule has 1 aliphatic rings. The average molecular weight is 356 g/mol. The Morgan fingerprint density at radius 1 is 1.21 bits per heavy atom. The summed E-state index contributed by atoms with van der Waals surface area (Å²) >= 11 is 0. The Hall–Kier alpha value is -1.40. The van der Waals surface area contributed by atoms with Gasteiger partial charge >= 0.3 is 13.7 Å². The van der Waals surface area contributed by atoms with Crippen LogP contribution in [0.1, 0.15) is 45.4 Å². The van der Waals surface area contributed by atoms with E-state index in [1.807, 2.05) is 0 Å². The molecule has 134 valence electrons. The van der Waals surface area contributed by atoms with Crippen molar-refractivity contribution in [3.63, 3.8) is 0 Å². The molecule has 1 aliphatic carbocycles. The first-order valence-electron chi connectivity index (χ1n) is 8.24. The molecule has 0 aromatic heterocycles. The van der Waals surface area contributed by atoms with Crippen LogP contribution >= 0.6 is 7.75 Å². The van der Waals surface area contributed by atoms with Gasteiger partial charge in [-0.3, -0.25) is 4.84 Å². The van der Waals surface area contributed by atoms with Crippen molar-refractivity contribution < 1.29 is 23.2 Å². The molecule has 0 bridgehead atoms. The molecular formula is C16H25N2O5P. The van der Waals surface area contributed by atoms with Gasteiger partial charge in [0.15, 0.2) is 0 Å². The molecule has 0 aliphatic heterocycles. The van der Waals surface area contributed by atoms with Gasteiger partial charge in [-0.05, 0) is 31.9 Å². The van der Waals surface area contributed by atoms with Crippen molar-refractivity contribution >= 4 is 13.7 Å². The number of rotatable bonds is 7. The Morgan fingerprint density at radius 2 is 1.83 bits per heavy atom. The van der Waals surface area contributed by atoms with Crippen LogP contribution in [0.25, 0.3) is 0 Å². The summed E-state index contributed by atoms with van der Waals surface area (Å²) in [6, 6.07) is 7.51. The lowest BCUT2D eigenvalue weighted by atomic mass is 10.2. The lowest BCUT2D eigenvalue weighted by molar-refractivity contribution is -0.143. The Morgan fingerprint density at radius 3 is 2.46 bits per heavy atom. The summed E-state index contributed by atoms with van der Waals surface area (Å²) in [6.45, 7) is 1.56. The van der Waals surface area contributed by atoms with Crippen LogP contribution in [-0.4, -0.2) is 18.1 Å². The molecule has 0 heterocycles. The Kier molecular flexibility index (Phi) is 7.24. The Balaban J connectivity index is 1.78. The number of hydroxylamine groups is 1. The van der Waals surface area contributed by atoms with E-state index < -0.39 is 19.8 Å². The van der Waals surface area contributed by atoms with Crippen LogP contribution in [0.15, 0.2) is 30.3 Å². The van der Waals surface area contributed by atoms with E-state index >= 15 is 0 Å². The van der Waals surface area contributed by atoms with Gasteiger partial charge in [0.25, 0.3) is 0 Å². The highest BCUT2D eigenvalue weighted by Crippen LogP contribution is 2.40. The van der Waals surface area contributed by atoms with Crippen LogP contribution in [0.3, 0.4) is 0 Å². The molecule has 8 heteroatoms. The molecule has 1 aromatic carbocycles. The molecule has 24 heavy (non-hydrogen) atoms. The fourth-order valence-electron chi connectivity index (χ4n) is 2.46. The van der Waals surface area contributed by atoms with E-state index in [1.165, 1.54) is 12.8 Å². The molecule has 1 unspecified atom stereocenters. The maximum absolute atomic E-state index is 12.1. The summed E-state index contributed by atoms with van der Waals surface area (Å²) in [6.07, 6.45) is 6.66. The average Bonchev–Trinajstić information content (AvgIpc) is 2.81. The molecule has 1 saturated carbocycles. The number of carbonyl (C=O) groups excluding carboxylic acids is 1. The number of hydrogen-bond acceptors (Lipinski definition) is 6. The molecule has 2 atom stereocenters. The van der Waals surface area contributed by atoms with E-state index in [4.69, 9.17) is 19.4 Å². The van der Waals surface area contributed by atoms with Crippen LogP contribution in [-0.2, 0) is 18.7 Å². The first-order valence-corrected chi connectivity index (χ1v) is 9.85. The third kappa shape index (κ3) is 6.61. The van der Waals surface area contributed by atoms with Crippen LogP contribution < -0.4 is 15.5 Å². The molecule has 0 saturated heterocycles. The first kappa shape index (κ1) is 18.9. The zero-order valence-electron chi connectivity index (χ0n) is 13.8. The molecule has 2 rings (SSSR count). The van der Waals surface area contributed by atoms with Crippen LogP contribution in [0, 0.1) is 0 Å². The molecule has 3 N–H and O–H groups in total. The van der Waals surface area contributed by atoms with Crippen LogP contribution in [0.2, 0.25) is 0 Å². The number of benzene rings is 1. The van der Waals surface area contributed by atoms with Gasteiger partial charge in [-0.25, -0.2) is 14.9 Å².